The van der Waals surface area contributed by atoms with Gasteiger partial charge >= 0.3 is 7.12 Å². The van der Waals surface area contributed by atoms with Crippen LogP contribution in [-0.2, 0) is 6.54 Å². The van der Waals surface area contributed by atoms with Crippen LogP contribution in [0.4, 0.5) is 0 Å². The third kappa shape index (κ3) is 4.17. The summed E-state index contributed by atoms with van der Waals surface area (Å²) < 4.78 is 0. The zero-order valence-electron chi connectivity index (χ0n) is 16.2. The van der Waals surface area contributed by atoms with Crippen LogP contribution in [0.1, 0.15) is 40.2 Å². The molecule has 4 N–H and O–H groups in total. The molecule has 1 aromatic heterocycles. The minimum atomic E-state index is -1.63. The molecule has 0 bridgehead atoms. The molecule has 1 fully saturated rings. The molecule has 6 nitrogen and oxygen atoms in total. The Morgan fingerprint density at radius 1 is 1.10 bits per heavy atom. The summed E-state index contributed by atoms with van der Waals surface area (Å²) in [5.74, 6) is 0.450. The summed E-state index contributed by atoms with van der Waals surface area (Å²) in [6, 6.07) is 15.5. The van der Waals surface area contributed by atoms with Gasteiger partial charge in [-0.2, -0.15) is 0 Å². The maximum atomic E-state index is 13.0. The van der Waals surface area contributed by atoms with Gasteiger partial charge in [0, 0.05) is 31.4 Å². The van der Waals surface area contributed by atoms with Crippen molar-refractivity contribution in [1.82, 2.24) is 9.88 Å². The summed E-state index contributed by atoms with van der Waals surface area (Å²) in [4.78, 5) is 18.9. The molecule has 148 valence electrons. The van der Waals surface area contributed by atoms with Gasteiger partial charge in [0.05, 0.1) is 5.59 Å². The van der Waals surface area contributed by atoms with E-state index in [1.54, 1.807) is 24.4 Å². The second-order valence-electron chi connectivity index (χ2n) is 7.56. The van der Waals surface area contributed by atoms with Crippen LogP contribution in [0.3, 0.4) is 0 Å². The normalized spacial score (nSPS) is 14.9. The molecule has 0 atom stereocenters. The van der Waals surface area contributed by atoms with Crippen molar-refractivity contribution in [2.45, 2.75) is 25.3 Å². The van der Waals surface area contributed by atoms with Crippen LogP contribution < -0.4 is 11.3 Å². The Balaban J connectivity index is 1.47. The van der Waals surface area contributed by atoms with Crippen molar-refractivity contribution in [3.63, 3.8) is 0 Å². The summed E-state index contributed by atoms with van der Waals surface area (Å²) in [5.41, 5.74) is 8.96. The monoisotopic (exact) mass is 389 g/mol. The number of hydrogen-bond acceptors (Lipinski definition) is 5. The Kier molecular flexibility index (Phi) is 5.62. The third-order valence-electron chi connectivity index (χ3n) is 5.69. The number of pyridine rings is 1. The molecule has 0 radical (unpaired) electrons. The molecule has 1 aliphatic rings. The molecule has 2 aromatic carbocycles. The maximum absolute atomic E-state index is 13.0. The maximum Gasteiger partial charge on any atom is 0.508 e. The molecule has 1 saturated heterocycles. The second-order valence-corrected chi connectivity index (χ2v) is 7.56. The fourth-order valence-electron chi connectivity index (χ4n) is 4.00. The zero-order chi connectivity index (χ0) is 20.4. The van der Waals surface area contributed by atoms with Crippen molar-refractivity contribution in [3.8, 4) is 0 Å². The van der Waals surface area contributed by atoms with E-state index in [2.05, 4.69) is 23.2 Å². The summed E-state index contributed by atoms with van der Waals surface area (Å²) >= 11 is 0. The van der Waals surface area contributed by atoms with Crippen LogP contribution in [0.2, 0.25) is 0 Å². The lowest BCUT2D eigenvalue weighted by Gasteiger charge is -2.32. The van der Waals surface area contributed by atoms with E-state index in [4.69, 9.17) is 5.73 Å². The Bertz CT molecular complexity index is 1030. The number of rotatable bonds is 4. The minimum Gasteiger partial charge on any atom is -0.422 e. The topological polar surface area (TPSA) is 99.7 Å². The molecule has 1 amide bonds. The van der Waals surface area contributed by atoms with Gasteiger partial charge in [0.25, 0.3) is 5.91 Å². The first kappa shape index (κ1) is 19.6. The average molecular weight is 389 g/mol. The Morgan fingerprint density at radius 2 is 1.90 bits per heavy atom. The molecule has 1 aliphatic heterocycles. The quantitative estimate of drug-likeness (QED) is 0.586. The van der Waals surface area contributed by atoms with Gasteiger partial charge in [0.15, 0.2) is 0 Å². The largest absolute Gasteiger partial charge is 0.508 e. The number of piperidine rings is 1. The summed E-state index contributed by atoms with van der Waals surface area (Å²) in [6.07, 6.45) is 3.44. The Morgan fingerprint density at radius 3 is 2.62 bits per heavy atom. The highest BCUT2D eigenvalue weighted by Gasteiger charge is 2.25. The first-order chi connectivity index (χ1) is 14.0. The van der Waals surface area contributed by atoms with Crippen LogP contribution >= 0.6 is 0 Å². The average Bonchev–Trinajstić information content (AvgIpc) is 2.78. The molecule has 0 spiro atoms. The summed E-state index contributed by atoms with van der Waals surface area (Å²) in [6.45, 7) is 1.97. The molecule has 0 saturated carbocycles. The lowest BCUT2D eigenvalue weighted by molar-refractivity contribution is 0.0713. The molecule has 7 heteroatoms. The smallest absolute Gasteiger partial charge is 0.422 e. The number of benzene rings is 2. The van der Waals surface area contributed by atoms with E-state index in [-0.39, 0.29) is 11.5 Å². The molecule has 0 unspecified atom stereocenters. The number of hydrogen-bond donors (Lipinski definition) is 3. The molecular weight excluding hydrogens is 365 g/mol. The van der Waals surface area contributed by atoms with Gasteiger partial charge in [0.1, 0.15) is 0 Å². The first-order valence-electron chi connectivity index (χ1n) is 9.89. The number of aromatic nitrogens is 1. The molecular formula is C22H24BN3O3. The van der Waals surface area contributed by atoms with Gasteiger partial charge in [-0.15, -0.1) is 0 Å². The number of fused-ring (bicyclic) bond motifs is 1. The fraction of sp³-hybridized carbons (Fsp3) is 0.273. The highest BCUT2D eigenvalue weighted by molar-refractivity contribution is 6.57. The van der Waals surface area contributed by atoms with Crippen LogP contribution in [0, 0.1) is 0 Å². The predicted octanol–water partition coefficient (Wildman–Crippen LogP) is 1.39. The summed E-state index contributed by atoms with van der Waals surface area (Å²) in [7, 11) is -1.63. The SMILES string of the molecule is NCc1cccc(C2CCN(C(=O)c3ccc4cnc(B(O)O)cc4c3)CC2)c1. The van der Waals surface area contributed by atoms with E-state index in [0.29, 0.717) is 31.1 Å². The van der Waals surface area contributed by atoms with Crippen LogP contribution in [0.5, 0.6) is 0 Å². The van der Waals surface area contributed by atoms with Gasteiger partial charge in [-0.3, -0.25) is 9.78 Å². The van der Waals surface area contributed by atoms with Crippen molar-refractivity contribution in [3.05, 3.63) is 71.4 Å². The van der Waals surface area contributed by atoms with Gasteiger partial charge in [0.2, 0.25) is 0 Å². The van der Waals surface area contributed by atoms with Crippen LogP contribution in [-0.4, -0.2) is 46.0 Å². The van der Waals surface area contributed by atoms with Gasteiger partial charge in [-0.05, 0) is 58.9 Å². The number of amides is 1. The molecule has 0 aliphatic carbocycles. The van der Waals surface area contributed by atoms with Gasteiger partial charge < -0.3 is 20.7 Å². The first-order valence-corrected chi connectivity index (χ1v) is 9.89. The van der Waals surface area contributed by atoms with Crippen molar-refractivity contribution in [2.24, 2.45) is 5.73 Å². The van der Waals surface area contributed by atoms with Crippen molar-refractivity contribution in [2.75, 3.05) is 13.1 Å². The highest BCUT2D eigenvalue weighted by Crippen LogP contribution is 2.29. The van der Waals surface area contributed by atoms with E-state index < -0.39 is 7.12 Å². The van der Waals surface area contributed by atoms with E-state index in [9.17, 15) is 14.8 Å². The Labute approximate surface area is 170 Å². The third-order valence-corrected chi connectivity index (χ3v) is 5.69. The number of nitrogens with two attached hydrogens (primary N) is 1. The van der Waals surface area contributed by atoms with Gasteiger partial charge in [-0.1, -0.05) is 30.3 Å². The van der Waals surface area contributed by atoms with E-state index >= 15 is 0 Å². The number of likely N-dealkylation sites (tertiary alicyclic amines) is 1. The fourth-order valence-corrected chi connectivity index (χ4v) is 4.00. The summed E-state index contributed by atoms with van der Waals surface area (Å²) in [5, 5.41) is 20.3. The molecule has 4 rings (SSSR count). The highest BCUT2D eigenvalue weighted by atomic mass is 16.4. The molecule has 3 aromatic rings. The lowest BCUT2D eigenvalue weighted by Crippen LogP contribution is -2.38. The zero-order valence-corrected chi connectivity index (χ0v) is 16.2. The van der Waals surface area contributed by atoms with Gasteiger partial charge in [-0.25, -0.2) is 0 Å². The van der Waals surface area contributed by atoms with Crippen LogP contribution in [0.25, 0.3) is 10.8 Å². The molecule has 29 heavy (non-hydrogen) atoms. The minimum absolute atomic E-state index is 0.00367. The number of carbonyl (C=O) groups is 1. The van der Waals surface area contributed by atoms with E-state index in [1.165, 1.54) is 5.56 Å². The lowest BCUT2D eigenvalue weighted by atomic mass is 9.84. The number of nitrogens with zero attached hydrogens (tertiary/aromatic N) is 2. The van der Waals surface area contributed by atoms with E-state index in [1.807, 2.05) is 17.0 Å². The standard InChI is InChI=1S/C22H24BN3O3/c24-13-15-2-1-3-17(10-15)16-6-8-26(9-7-16)22(27)18-4-5-19-14-25-21(23(28)29)12-20(19)11-18/h1-5,10-12,14,16,28-29H,6-9,13,24H2. The van der Waals surface area contributed by atoms with Crippen molar-refractivity contribution in [1.29, 1.82) is 0 Å². The van der Waals surface area contributed by atoms with Crippen molar-refractivity contribution >= 4 is 29.4 Å². The number of carbonyl (C=O) groups excluding carboxylic acids is 1. The Hall–Kier alpha value is -2.74. The molecule has 2 heterocycles. The van der Waals surface area contributed by atoms with E-state index in [0.717, 1.165) is 29.2 Å². The predicted molar refractivity (Wildman–Crippen MR) is 114 cm³/mol. The van der Waals surface area contributed by atoms with Crippen molar-refractivity contribution < 1.29 is 14.8 Å². The van der Waals surface area contributed by atoms with Crippen LogP contribution in [0.15, 0.2) is 54.7 Å². The second kappa shape index (κ2) is 8.33.